The molecule has 0 radical (unpaired) electrons. The standard InChI is InChI=1S/C36H32N4O5/c1-36-33(44-4)26(38(2)35(42)19-13-15-20(43-3)16-14-19)17-27(45-36)39-24-11-7-5-9-21(24)29-30-23(18-37-34(30)41)28-22-10-6-8-12-25(22)40(36)32(28)31(29)39/h5-16,26-27,33H,17-18H2,1-4H3,(H,37,41)/t26-,27-,33-,36+/m0/s1. The summed E-state index contributed by atoms with van der Waals surface area (Å²) in [5.74, 6) is 0.535. The predicted molar refractivity (Wildman–Crippen MR) is 172 cm³/mol. The second kappa shape index (κ2) is 9.09. The molecule has 226 valence electrons. The number of fused-ring (bicyclic) bond motifs is 13. The molecule has 9 heteroatoms. The maximum atomic E-state index is 14.0. The summed E-state index contributed by atoms with van der Waals surface area (Å²) in [5, 5.41) is 7.20. The molecule has 5 heterocycles. The summed E-state index contributed by atoms with van der Waals surface area (Å²) >= 11 is 0. The van der Waals surface area contributed by atoms with E-state index in [1.165, 1.54) is 0 Å². The van der Waals surface area contributed by atoms with E-state index < -0.39 is 18.1 Å². The highest BCUT2D eigenvalue weighted by molar-refractivity contribution is 6.31. The highest BCUT2D eigenvalue weighted by Crippen LogP contribution is 2.54. The van der Waals surface area contributed by atoms with E-state index >= 15 is 0 Å². The summed E-state index contributed by atoms with van der Waals surface area (Å²) in [7, 11) is 5.16. The highest BCUT2D eigenvalue weighted by Gasteiger charge is 2.55. The van der Waals surface area contributed by atoms with Crippen molar-refractivity contribution in [3.05, 3.63) is 89.5 Å². The van der Waals surface area contributed by atoms with E-state index in [4.69, 9.17) is 14.2 Å². The molecule has 1 N–H and O–H groups in total. The van der Waals surface area contributed by atoms with Crippen molar-refractivity contribution in [3.63, 3.8) is 0 Å². The molecule has 1 saturated heterocycles. The van der Waals surface area contributed by atoms with Crippen LogP contribution in [0, 0.1) is 0 Å². The number of hydrogen-bond acceptors (Lipinski definition) is 5. The smallest absolute Gasteiger partial charge is 0.253 e. The molecular weight excluding hydrogens is 568 g/mol. The number of carbonyl (C=O) groups is 2. The number of para-hydroxylation sites is 2. The highest BCUT2D eigenvalue weighted by atomic mass is 16.6. The fourth-order valence-electron chi connectivity index (χ4n) is 8.48. The fraction of sp³-hybridized carbons (Fsp3) is 0.278. The third-order valence-corrected chi connectivity index (χ3v) is 10.4. The van der Waals surface area contributed by atoms with E-state index in [9.17, 15) is 9.59 Å². The van der Waals surface area contributed by atoms with Crippen molar-refractivity contribution >= 4 is 55.4 Å². The molecule has 4 atom stereocenters. The topological polar surface area (TPSA) is 87.0 Å². The number of likely N-dealkylation sites (N-methyl/N-ethyl adjacent to an activating group) is 1. The van der Waals surface area contributed by atoms with Crippen molar-refractivity contribution in [2.24, 2.45) is 0 Å². The van der Waals surface area contributed by atoms with Gasteiger partial charge in [0, 0.05) is 54.2 Å². The Hall–Kier alpha value is -4.86. The number of amides is 2. The molecule has 9 rings (SSSR count). The predicted octanol–water partition coefficient (Wildman–Crippen LogP) is 5.92. The van der Waals surface area contributed by atoms with Crippen molar-refractivity contribution in [3.8, 4) is 5.75 Å². The largest absolute Gasteiger partial charge is 0.497 e. The Morgan fingerprint density at radius 2 is 1.64 bits per heavy atom. The maximum Gasteiger partial charge on any atom is 0.253 e. The van der Waals surface area contributed by atoms with Gasteiger partial charge in [0.15, 0.2) is 5.72 Å². The second-order valence-corrected chi connectivity index (χ2v) is 12.5. The third-order valence-electron chi connectivity index (χ3n) is 10.4. The van der Waals surface area contributed by atoms with Gasteiger partial charge in [-0.05, 0) is 48.9 Å². The van der Waals surface area contributed by atoms with Gasteiger partial charge in [-0.2, -0.15) is 0 Å². The molecule has 2 aromatic heterocycles. The Morgan fingerprint density at radius 3 is 2.36 bits per heavy atom. The summed E-state index contributed by atoms with van der Waals surface area (Å²) in [6.07, 6.45) is -0.462. The van der Waals surface area contributed by atoms with Gasteiger partial charge in [-0.15, -0.1) is 0 Å². The molecule has 2 bridgehead atoms. The minimum atomic E-state index is -1.00. The van der Waals surface area contributed by atoms with E-state index in [0.29, 0.717) is 24.3 Å². The average Bonchev–Trinajstić information content (AvgIpc) is 3.71. The number of methoxy groups -OCH3 is 2. The number of aromatic nitrogens is 2. The van der Waals surface area contributed by atoms with E-state index in [0.717, 1.165) is 54.7 Å². The lowest BCUT2D eigenvalue weighted by Crippen LogP contribution is -2.61. The van der Waals surface area contributed by atoms with Crippen molar-refractivity contribution in [2.45, 2.75) is 44.0 Å². The van der Waals surface area contributed by atoms with Crippen LogP contribution in [0.3, 0.4) is 0 Å². The Labute approximate surface area is 258 Å². The van der Waals surface area contributed by atoms with Crippen LogP contribution in [0.15, 0.2) is 72.8 Å². The minimum Gasteiger partial charge on any atom is -0.497 e. The number of carbonyl (C=O) groups excluding carboxylic acids is 2. The number of rotatable bonds is 4. The van der Waals surface area contributed by atoms with Crippen LogP contribution < -0.4 is 10.1 Å². The monoisotopic (exact) mass is 600 g/mol. The van der Waals surface area contributed by atoms with Crippen LogP contribution in [0.4, 0.5) is 0 Å². The van der Waals surface area contributed by atoms with Gasteiger partial charge in [-0.1, -0.05) is 36.4 Å². The van der Waals surface area contributed by atoms with E-state index in [2.05, 4.69) is 45.6 Å². The number of hydrogen-bond donors (Lipinski definition) is 1. The molecule has 0 spiro atoms. The number of nitrogens with zero attached hydrogens (tertiary/aromatic N) is 3. The van der Waals surface area contributed by atoms with E-state index in [1.54, 1.807) is 43.4 Å². The summed E-state index contributed by atoms with van der Waals surface area (Å²) in [6, 6.07) is 23.4. The molecular formula is C36H32N4O5. The molecule has 3 aliphatic heterocycles. The lowest BCUT2D eigenvalue weighted by Gasteiger charge is -2.50. The molecule has 0 saturated carbocycles. The Kier molecular flexibility index (Phi) is 5.36. The van der Waals surface area contributed by atoms with Crippen LogP contribution >= 0.6 is 0 Å². The van der Waals surface area contributed by atoms with Gasteiger partial charge in [-0.25, -0.2) is 0 Å². The van der Waals surface area contributed by atoms with Gasteiger partial charge in [0.25, 0.3) is 11.8 Å². The van der Waals surface area contributed by atoms with Crippen molar-refractivity contribution in [1.29, 1.82) is 0 Å². The lowest BCUT2D eigenvalue weighted by atomic mass is 9.91. The first-order valence-electron chi connectivity index (χ1n) is 15.3. The molecule has 9 nitrogen and oxygen atoms in total. The van der Waals surface area contributed by atoms with Crippen LogP contribution in [0.5, 0.6) is 5.75 Å². The molecule has 1 fully saturated rings. The first-order valence-corrected chi connectivity index (χ1v) is 15.3. The van der Waals surface area contributed by atoms with Crippen LogP contribution in [0.25, 0.3) is 43.6 Å². The lowest BCUT2D eigenvalue weighted by molar-refractivity contribution is -0.264. The van der Waals surface area contributed by atoms with Crippen LogP contribution in [0.1, 0.15) is 45.9 Å². The Bertz CT molecular complexity index is 2250. The van der Waals surface area contributed by atoms with Gasteiger partial charge in [0.05, 0.1) is 40.8 Å². The molecule has 0 aliphatic carbocycles. The summed E-state index contributed by atoms with van der Waals surface area (Å²) < 4.78 is 23.5. The quantitative estimate of drug-likeness (QED) is 0.272. The fourth-order valence-corrected chi connectivity index (χ4v) is 8.48. The van der Waals surface area contributed by atoms with Crippen LogP contribution in [-0.2, 0) is 21.7 Å². The normalized spacial score (nSPS) is 23.6. The first kappa shape index (κ1) is 26.5. The number of ether oxygens (including phenoxy) is 3. The van der Waals surface area contributed by atoms with Gasteiger partial charge in [0.2, 0.25) is 0 Å². The Balaban J connectivity index is 1.37. The number of benzene rings is 4. The molecule has 45 heavy (non-hydrogen) atoms. The molecule has 2 amide bonds. The first-order chi connectivity index (χ1) is 21.9. The SMILES string of the molecule is COc1ccc(C(=O)N(C)[C@H]2C[C@@H]3O[C@](C)([C@H]2OC)n2c4ccccc4c4c5c(c6c7ccccc7n3c6c42)C(=O)NC5)cc1. The van der Waals surface area contributed by atoms with E-state index in [-0.39, 0.29) is 17.9 Å². The average molecular weight is 601 g/mol. The molecule has 0 unspecified atom stereocenters. The Morgan fingerprint density at radius 1 is 0.956 bits per heavy atom. The van der Waals surface area contributed by atoms with Gasteiger partial charge in [0.1, 0.15) is 18.1 Å². The second-order valence-electron chi connectivity index (χ2n) is 12.5. The third kappa shape index (κ3) is 3.24. The van der Waals surface area contributed by atoms with Crippen molar-refractivity contribution in [1.82, 2.24) is 19.4 Å². The maximum absolute atomic E-state index is 14.0. The zero-order valence-corrected chi connectivity index (χ0v) is 25.5. The van der Waals surface area contributed by atoms with Crippen molar-refractivity contribution < 1.29 is 23.8 Å². The zero-order chi connectivity index (χ0) is 30.8. The molecule has 4 aromatic carbocycles. The summed E-state index contributed by atoms with van der Waals surface area (Å²) in [6.45, 7) is 2.54. The summed E-state index contributed by atoms with van der Waals surface area (Å²) in [4.78, 5) is 29.4. The summed E-state index contributed by atoms with van der Waals surface area (Å²) in [5.41, 5.74) is 5.30. The van der Waals surface area contributed by atoms with Crippen LogP contribution in [0.2, 0.25) is 0 Å². The van der Waals surface area contributed by atoms with Gasteiger partial charge < -0.3 is 33.6 Å². The van der Waals surface area contributed by atoms with Crippen LogP contribution in [-0.4, -0.2) is 59.3 Å². The minimum absolute atomic E-state index is 0.0524. The molecule has 6 aromatic rings. The van der Waals surface area contributed by atoms with Gasteiger partial charge in [-0.3, -0.25) is 9.59 Å². The van der Waals surface area contributed by atoms with Gasteiger partial charge >= 0.3 is 0 Å². The van der Waals surface area contributed by atoms with Crippen molar-refractivity contribution in [2.75, 3.05) is 21.3 Å². The van der Waals surface area contributed by atoms with E-state index in [1.807, 2.05) is 31.3 Å². The zero-order valence-electron chi connectivity index (χ0n) is 25.5. The molecule has 3 aliphatic rings. The number of nitrogens with one attached hydrogen (secondary N) is 1.